The van der Waals surface area contributed by atoms with E-state index in [0.29, 0.717) is 5.02 Å². The lowest BCUT2D eigenvalue weighted by Crippen LogP contribution is -2.05. The molecule has 0 saturated heterocycles. The van der Waals surface area contributed by atoms with Gasteiger partial charge in [0.05, 0.1) is 6.10 Å². The van der Waals surface area contributed by atoms with Crippen molar-refractivity contribution in [2.24, 2.45) is 0 Å². The zero-order chi connectivity index (χ0) is 13.1. The molecule has 0 fully saturated rings. The van der Waals surface area contributed by atoms with Crippen molar-refractivity contribution in [1.29, 1.82) is 0 Å². The average Bonchev–Trinajstić information content (AvgIpc) is 2.32. The lowest BCUT2D eigenvalue weighted by Gasteiger charge is -2.13. The molecule has 4 heteroatoms. The van der Waals surface area contributed by atoms with Crippen molar-refractivity contribution < 1.29 is 13.9 Å². The highest BCUT2D eigenvalue weighted by Gasteiger charge is 2.15. The quantitative estimate of drug-likeness (QED) is 0.895. The van der Waals surface area contributed by atoms with E-state index in [9.17, 15) is 13.9 Å². The monoisotopic (exact) mass is 268 g/mol. The molecule has 0 radical (unpaired) electrons. The van der Waals surface area contributed by atoms with Crippen molar-refractivity contribution in [3.05, 3.63) is 70.2 Å². The minimum Gasteiger partial charge on any atom is -0.388 e. The third-order valence-corrected chi connectivity index (χ3v) is 3.06. The molecule has 2 aromatic carbocycles. The number of hydrogen-bond donors (Lipinski definition) is 1. The predicted molar refractivity (Wildman–Crippen MR) is 66.5 cm³/mol. The van der Waals surface area contributed by atoms with Crippen LogP contribution < -0.4 is 0 Å². The molecule has 0 aliphatic rings. The van der Waals surface area contributed by atoms with Gasteiger partial charge in [-0.1, -0.05) is 35.9 Å². The molecule has 0 aliphatic heterocycles. The second-order valence-electron chi connectivity index (χ2n) is 3.98. The molecule has 2 rings (SSSR count). The van der Waals surface area contributed by atoms with Crippen molar-refractivity contribution >= 4 is 11.6 Å². The molecule has 1 atom stereocenters. The highest BCUT2D eigenvalue weighted by atomic mass is 35.5. The Bertz CT molecular complexity index is 557. The normalized spacial score (nSPS) is 12.4. The van der Waals surface area contributed by atoms with E-state index in [1.165, 1.54) is 6.07 Å². The maximum Gasteiger partial charge on any atom is 0.131 e. The van der Waals surface area contributed by atoms with Crippen LogP contribution >= 0.6 is 11.6 Å². The molecular weight excluding hydrogens is 258 g/mol. The Morgan fingerprint density at radius 2 is 1.83 bits per heavy atom. The molecule has 18 heavy (non-hydrogen) atoms. The molecule has 0 amide bonds. The summed E-state index contributed by atoms with van der Waals surface area (Å²) >= 11 is 5.96. The second kappa shape index (κ2) is 5.46. The van der Waals surface area contributed by atoms with Crippen LogP contribution in [-0.2, 0) is 6.42 Å². The topological polar surface area (TPSA) is 20.2 Å². The van der Waals surface area contributed by atoms with Gasteiger partial charge in [-0.25, -0.2) is 8.78 Å². The lowest BCUT2D eigenvalue weighted by atomic mass is 10.0. The third kappa shape index (κ3) is 2.86. The Balaban J connectivity index is 2.22. The van der Waals surface area contributed by atoms with Gasteiger partial charge in [0.2, 0.25) is 0 Å². The van der Waals surface area contributed by atoms with Crippen LogP contribution in [0.5, 0.6) is 0 Å². The van der Waals surface area contributed by atoms with Gasteiger partial charge in [0.25, 0.3) is 0 Å². The number of benzene rings is 2. The molecule has 0 spiro atoms. The summed E-state index contributed by atoms with van der Waals surface area (Å²) in [7, 11) is 0. The largest absolute Gasteiger partial charge is 0.388 e. The maximum atomic E-state index is 13.5. The smallest absolute Gasteiger partial charge is 0.131 e. The lowest BCUT2D eigenvalue weighted by molar-refractivity contribution is 0.173. The highest BCUT2D eigenvalue weighted by Crippen LogP contribution is 2.25. The first-order valence-corrected chi connectivity index (χ1v) is 5.82. The van der Waals surface area contributed by atoms with Crippen molar-refractivity contribution in [2.45, 2.75) is 12.5 Å². The first kappa shape index (κ1) is 13.0. The average molecular weight is 269 g/mol. The molecule has 0 heterocycles. The van der Waals surface area contributed by atoms with Gasteiger partial charge in [0, 0.05) is 23.1 Å². The summed E-state index contributed by atoms with van der Waals surface area (Å²) in [6, 6.07) is 10.1. The van der Waals surface area contributed by atoms with E-state index < -0.39 is 17.7 Å². The third-order valence-electron chi connectivity index (χ3n) is 2.69. The van der Waals surface area contributed by atoms with Crippen molar-refractivity contribution in [2.75, 3.05) is 0 Å². The number of aliphatic hydroxyl groups is 1. The van der Waals surface area contributed by atoms with Crippen molar-refractivity contribution in [1.82, 2.24) is 0 Å². The fraction of sp³-hybridized carbons (Fsp3) is 0.143. The molecule has 94 valence electrons. The number of rotatable bonds is 3. The molecule has 2 aromatic rings. The van der Waals surface area contributed by atoms with Crippen LogP contribution in [0.15, 0.2) is 42.5 Å². The van der Waals surface area contributed by atoms with Crippen LogP contribution in [0.3, 0.4) is 0 Å². The Kier molecular flexibility index (Phi) is 3.94. The summed E-state index contributed by atoms with van der Waals surface area (Å²) in [5.41, 5.74) is 0.784. The first-order valence-electron chi connectivity index (χ1n) is 5.44. The number of halogens is 3. The van der Waals surface area contributed by atoms with Gasteiger partial charge in [-0.3, -0.25) is 0 Å². The SMILES string of the molecule is OC(Cc1ccccc1Cl)c1ccc(F)cc1F. The van der Waals surface area contributed by atoms with Gasteiger partial charge in [-0.15, -0.1) is 0 Å². The zero-order valence-corrected chi connectivity index (χ0v) is 10.2. The molecule has 0 saturated carbocycles. The highest BCUT2D eigenvalue weighted by molar-refractivity contribution is 6.31. The second-order valence-corrected chi connectivity index (χ2v) is 4.38. The zero-order valence-electron chi connectivity index (χ0n) is 9.41. The Morgan fingerprint density at radius 3 is 2.50 bits per heavy atom. The van der Waals surface area contributed by atoms with E-state index in [-0.39, 0.29) is 12.0 Å². The molecule has 1 N–H and O–H groups in total. The summed E-state index contributed by atoms with van der Waals surface area (Å²) in [4.78, 5) is 0. The van der Waals surface area contributed by atoms with Crippen LogP contribution in [0, 0.1) is 11.6 Å². The van der Waals surface area contributed by atoms with E-state index in [2.05, 4.69) is 0 Å². The predicted octanol–water partition coefficient (Wildman–Crippen LogP) is 3.89. The molecule has 1 nitrogen and oxygen atoms in total. The number of hydrogen-bond acceptors (Lipinski definition) is 1. The van der Waals surface area contributed by atoms with Crippen molar-refractivity contribution in [3.8, 4) is 0 Å². The number of aliphatic hydroxyl groups excluding tert-OH is 1. The van der Waals surface area contributed by atoms with E-state index in [4.69, 9.17) is 11.6 Å². The summed E-state index contributed by atoms with van der Waals surface area (Å²) < 4.78 is 26.2. The summed E-state index contributed by atoms with van der Waals surface area (Å²) in [5.74, 6) is -1.42. The fourth-order valence-corrected chi connectivity index (χ4v) is 1.97. The van der Waals surface area contributed by atoms with Crippen LogP contribution in [0.25, 0.3) is 0 Å². The Labute approximate surface area is 109 Å². The van der Waals surface area contributed by atoms with Crippen LogP contribution in [0.4, 0.5) is 8.78 Å². The molecule has 1 unspecified atom stereocenters. The van der Waals surface area contributed by atoms with Gasteiger partial charge in [-0.2, -0.15) is 0 Å². The summed E-state index contributed by atoms with van der Waals surface area (Å²) in [6.45, 7) is 0. The Hall–Kier alpha value is -1.45. The van der Waals surface area contributed by atoms with Crippen LogP contribution in [0.2, 0.25) is 5.02 Å². The van der Waals surface area contributed by atoms with Gasteiger partial charge in [0.1, 0.15) is 11.6 Å². The summed E-state index contributed by atoms with van der Waals surface area (Å²) in [5, 5.41) is 10.5. The standard InChI is InChI=1S/C14H11ClF2O/c15-12-4-2-1-3-9(12)7-14(18)11-6-5-10(16)8-13(11)17/h1-6,8,14,18H,7H2. The van der Waals surface area contributed by atoms with E-state index in [1.54, 1.807) is 24.3 Å². The van der Waals surface area contributed by atoms with Gasteiger partial charge >= 0.3 is 0 Å². The fourth-order valence-electron chi connectivity index (χ4n) is 1.75. The van der Waals surface area contributed by atoms with E-state index in [0.717, 1.165) is 17.7 Å². The summed E-state index contributed by atoms with van der Waals surface area (Å²) in [6.07, 6.45) is -0.868. The van der Waals surface area contributed by atoms with Gasteiger partial charge < -0.3 is 5.11 Å². The van der Waals surface area contributed by atoms with E-state index >= 15 is 0 Å². The Morgan fingerprint density at radius 1 is 1.11 bits per heavy atom. The molecule has 0 aromatic heterocycles. The van der Waals surface area contributed by atoms with Crippen LogP contribution in [-0.4, -0.2) is 5.11 Å². The first-order chi connectivity index (χ1) is 8.58. The van der Waals surface area contributed by atoms with E-state index in [1.807, 2.05) is 0 Å². The molecular formula is C14H11ClF2O. The molecule has 0 bridgehead atoms. The minimum absolute atomic E-state index is 0.0660. The van der Waals surface area contributed by atoms with Gasteiger partial charge in [-0.05, 0) is 17.7 Å². The minimum atomic E-state index is -1.05. The maximum absolute atomic E-state index is 13.5. The van der Waals surface area contributed by atoms with Crippen molar-refractivity contribution in [3.63, 3.8) is 0 Å². The van der Waals surface area contributed by atoms with Crippen LogP contribution in [0.1, 0.15) is 17.2 Å². The van der Waals surface area contributed by atoms with Gasteiger partial charge in [0.15, 0.2) is 0 Å². The molecule has 0 aliphatic carbocycles.